The van der Waals surface area contributed by atoms with E-state index in [4.69, 9.17) is 0 Å². The molecule has 14 heavy (non-hydrogen) atoms. The van der Waals surface area contributed by atoms with Crippen LogP contribution in [-0.4, -0.2) is 0 Å². The zero-order valence-corrected chi connectivity index (χ0v) is 9.42. The van der Waals surface area contributed by atoms with Crippen LogP contribution in [0.5, 0.6) is 0 Å². The lowest BCUT2D eigenvalue weighted by Gasteiger charge is -2.05. The first-order chi connectivity index (χ1) is 6.80. The fraction of sp³-hybridized carbons (Fsp3) is 0.154. The summed E-state index contributed by atoms with van der Waals surface area (Å²) in [7, 11) is 0.613. The van der Waals surface area contributed by atoms with Crippen molar-refractivity contribution in [3.05, 3.63) is 61.3 Å². The lowest BCUT2D eigenvalue weighted by molar-refractivity contribution is 1.22. The quantitative estimate of drug-likeness (QED) is 0.509. The Morgan fingerprint density at radius 2 is 1.50 bits per heavy atom. The zero-order valence-electron chi connectivity index (χ0n) is 8.42. The molecule has 0 spiro atoms. The van der Waals surface area contributed by atoms with Gasteiger partial charge in [-0.3, -0.25) is 0 Å². The molecule has 1 aromatic carbocycles. The maximum atomic E-state index is 3.93. The summed E-state index contributed by atoms with van der Waals surface area (Å²) in [4.78, 5) is 0. The molecule has 0 aliphatic rings. The standard InChI is InChI=1S/C13H16P/c1-4-6-11-8-12(7-5-2)10-13(9-11)14-3/h4-5,8-10,14H,1-3,6-7H2. The number of hydrogen-bond acceptors (Lipinski definition) is 0. The molecule has 0 aliphatic carbocycles. The summed E-state index contributed by atoms with van der Waals surface area (Å²) in [6.45, 7) is 11.4. The molecule has 1 rings (SSSR count). The molecule has 1 heteroatoms. The van der Waals surface area contributed by atoms with Gasteiger partial charge in [-0.15, -0.1) is 13.2 Å². The highest BCUT2D eigenvalue weighted by Gasteiger charge is 1.97. The van der Waals surface area contributed by atoms with E-state index in [-0.39, 0.29) is 0 Å². The monoisotopic (exact) mass is 203 g/mol. The molecule has 0 aromatic heterocycles. The van der Waals surface area contributed by atoms with Gasteiger partial charge >= 0.3 is 0 Å². The second-order valence-corrected chi connectivity index (χ2v) is 4.13. The van der Waals surface area contributed by atoms with Gasteiger partial charge in [0, 0.05) is 0 Å². The van der Waals surface area contributed by atoms with Gasteiger partial charge in [-0.05, 0) is 35.9 Å². The maximum absolute atomic E-state index is 3.93. The van der Waals surface area contributed by atoms with Crippen LogP contribution in [0.1, 0.15) is 11.1 Å². The van der Waals surface area contributed by atoms with E-state index in [0.717, 1.165) is 12.8 Å². The first-order valence-corrected chi connectivity index (χ1v) is 5.88. The average Bonchev–Trinajstić information content (AvgIpc) is 2.18. The molecule has 0 saturated heterocycles. The van der Waals surface area contributed by atoms with Gasteiger partial charge in [-0.25, -0.2) is 0 Å². The minimum atomic E-state index is 0.613. The summed E-state index contributed by atoms with van der Waals surface area (Å²) in [5, 5.41) is 1.32. The Morgan fingerprint density at radius 3 is 1.86 bits per heavy atom. The maximum Gasteiger partial charge on any atom is -0.00998 e. The fourth-order valence-electron chi connectivity index (χ4n) is 1.43. The van der Waals surface area contributed by atoms with E-state index >= 15 is 0 Å². The van der Waals surface area contributed by atoms with Crippen molar-refractivity contribution in [2.24, 2.45) is 0 Å². The highest BCUT2D eigenvalue weighted by Crippen LogP contribution is 2.13. The molecule has 73 valence electrons. The van der Waals surface area contributed by atoms with Crippen LogP contribution in [0.2, 0.25) is 0 Å². The average molecular weight is 203 g/mol. The molecule has 1 aromatic rings. The van der Waals surface area contributed by atoms with Crippen LogP contribution >= 0.6 is 8.58 Å². The van der Waals surface area contributed by atoms with E-state index in [0.29, 0.717) is 8.58 Å². The minimum Gasteiger partial charge on any atom is -0.103 e. The van der Waals surface area contributed by atoms with Gasteiger partial charge in [-0.1, -0.05) is 38.9 Å². The Hall–Kier alpha value is -0.870. The fourth-order valence-corrected chi connectivity index (χ4v) is 2.01. The first kappa shape index (κ1) is 11.2. The van der Waals surface area contributed by atoms with Crippen LogP contribution in [0.3, 0.4) is 0 Å². The molecule has 0 fully saturated rings. The van der Waals surface area contributed by atoms with Gasteiger partial charge in [0.2, 0.25) is 0 Å². The van der Waals surface area contributed by atoms with Gasteiger partial charge in [0.15, 0.2) is 0 Å². The van der Waals surface area contributed by atoms with Crippen LogP contribution in [0.15, 0.2) is 43.5 Å². The molecule has 0 bridgehead atoms. The first-order valence-electron chi connectivity index (χ1n) is 4.68. The molecule has 0 aliphatic heterocycles. The molecule has 1 radical (unpaired) electrons. The van der Waals surface area contributed by atoms with Crippen molar-refractivity contribution in [1.29, 1.82) is 0 Å². The molecule has 0 saturated carbocycles. The third-order valence-corrected chi connectivity index (χ3v) is 2.71. The Kier molecular flexibility index (Phi) is 4.62. The van der Waals surface area contributed by atoms with E-state index in [1.54, 1.807) is 0 Å². The van der Waals surface area contributed by atoms with Gasteiger partial charge in [0.25, 0.3) is 0 Å². The summed E-state index contributed by atoms with van der Waals surface area (Å²) in [6.07, 6.45) is 5.73. The lowest BCUT2D eigenvalue weighted by Crippen LogP contribution is -1.99. The summed E-state index contributed by atoms with van der Waals surface area (Å²) < 4.78 is 0. The third-order valence-electron chi connectivity index (χ3n) is 2.02. The summed E-state index contributed by atoms with van der Waals surface area (Å²) >= 11 is 0. The number of rotatable bonds is 5. The predicted molar refractivity (Wildman–Crippen MR) is 67.6 cm³/mol. The van der Waals surface area contributed by atoms with Crippen molar-refractivity contribution in [3.8, 4) is 0 Å². The Balaban J connectivity index is 2.99. The molecule has 1 atom stereocenters. The van der Waals surface area contributed by atoms with Crippen LogP contribution in [0.4, 0.5) is 0 Å². The van der Waals surface area contributed by atoms with Gasteiger partial charge in [-0.2, -0.15) is 0 Å². The van der Waals surface area contributed by atoms with E-state index in [2.05, 4.69) is 38.0 Å². The zero-order chi connectivity index (χ0) is 10.4. The predicted octanol–water partition coefficient (Wildman–Crippen LogP) is 3.24. The van der Waals surface area contributed by atoms with Crippen molar-refractivity contribution in [3.63, 3.8) is 0 Å². The number of benzene rings is 1. The number of hydrogen-bond donors (Lipinski definition) is 0. The highest BCUT2D eigenvalue weighted by atomic mass is 31.1. The second-order valence-electron chi connectivity index (χ2n) is 3.20. The molecule has 1 unspecified atom stereocenters. The van der Waals surface area contributed by atoms with Crippen molar-refractivity contribution < 1.29 is 0 Å². The van der Waals surface area contributed by atoms with E-state index in [1.807, 2.05) is 12.2 Å². The van der Waals surface area contributed by atoms with Gasteiger partial charge in [0.05, 0.1) is 0 Å². The molecular formula is C13H16P. The molecule has 0 N–H and O–H groups in total. The van der Waals surface area contributed by atoms with Crippen LogP contribution < -0.4 is 5.30 Å². The summed E-state index contributed by atoms with van der Waals surface area (Å²) in [5.41, 5.74) is 2.65. The largest absolute Gasteiger partial charge is 0.103 e. The van der Waals surface area contributed by atoms with Crippen molar-refractivity contribution in [2.75, 3.05) is 0 Å². The van der Waals surface area contributed by atoms with Crippen molar-refractivity contribution >= 4 is 13.9 Å². The molecule has 0 amide bonds. The molecule has 0 nitrogen and oxygen atoms in total. The van der Waals surface area contributed by atoms with Crippen molar-refractivity contribution in [1.82, 2.24) is 0 Å². The molecular weight excluding hydrogens is 187 g/mol. The van der Waals surface area contributed by atoms with Gasteiger partial charge in [0.1, 0.15) is 0 Å². The Bertz CT molecular complexity index is 298. The third kappa shape index (κ3) is 3.12. The molecule has 0 heterocycles. The lowest BCUT2D eigenvalue weighted by atomic mass is 10.1. The van der Waals surface area contributed by atoms with E-state index < -0.39 is 0 Å². The normalized spacial score (nSPS) is 10.6. The number of allylic oxidation sites excluding steroid dienone is 2. The summed E-state index contributed by atoms with van der Waals surface area (Å²) in [6, 6.07) is 6.63. The highest BCUT2D eigenvalue weighted by molar-refractivity contribution is 7.48. The van der Waals surface area contributed by atoms with Crippen LogP contribution in [0, 0.1) is 6.66 Å². The second kappa shape index (κ2) is 5.78. The summed E-state index contributed by atoms with van der Waals surface area (Å²) in [5.74, 6) is 0. The minimum absolute atomic E-state index is 0.613. The van der Waals surface area contributed by atoms with Gasteiger partial charge < -0.3 is 0 Å². The van der Waals surface area contributed by atoms with Crippen LogP contribution in [0.25, 0.3) is 0 Å². The van der Waals surface area contributed by atoms with E-state index in [1.165, 1.54) is 16.4 Å². The Morgan fingerprint density at radius 1 is 1.00 bits per heavy atom. The SMILES string of the molecule is [CH2]Pc1cc(CC=C)cc(CC=C)c1. The van der Waals surface area contributed by atoms with Crippen molar-refractivity contribution in [2.45, 2.75) is 12.8 Å². The van der Waals surface area contributed by atoms with Crippen LogP contribution in [-0.2, 0) is 12.8 Å². The smallest absolute Gasteiger partial charge is 0.00998 e. The van der Waals surface area contributed by atoms with E-state index in [9.17, 15) is 0 Å². The Labute approximate surface area is 88.5 Å². The topological polar surface area (TPSA) is 0 Å².